The van der Waals surface area contributed by atoms with Crippen molar-refractivity contribution in [2.75, 3.05) is 23.7 Å². The van der Waals surface area contributed by atoms with E-state index in [1.165, 1.54) is 0 Å². The molecule has 1 saturated heterocycles. The predicted octanol–water partition coefficient (Wildman–Crippen LogP) is 1.52. The Morgan fingerprint density at radius 1 is 1.56 bits per heavy atom. The minimum absolute atomic E-state index is 0.325. The van der Waals surface area contributed by atoms with Gasteiger partial charge >= 0.3 is 0 Å². The zero-order chi connectivity index (χ0) is 11.7. The van der Waals surface area contributed by atoms with Crippen LogP contribution in [0.15, 0.2) is 12.1 Å². The highest BCUT2D eigenvalue weighted by Crippen LogP contribution is 2.27. The Kier molecular flexibility index (Phi) is 3.21. The van der Waals surface area contributed by atoms with Crippen LogP contribution in [0.3, 0.4) is 0 Å². The Bertz CT molecular complexity index is 385. The van der Waals surface area contributed by atoms with E-state index >= 15 is 0 Å². The number of aliphatic hydroxyl groups excluding tert-OH is 1. The lowest BCUT2D eigenvalue weighted by Crippen LogP contribution is -2.43. The zero-order valence-corrected chi connectivity index (χ0v) is 9.98. The number of halogens is 1. The highest BCUT2D eigenvalue weighted by Gasteiger charge is 2.26. The molecule has 2 rings (SSSR count). The van der Waals surface area contributed by atoms with E-state index in [1.807, 2.05) is 4.90 Å². The van der Waals surface area contributed by atoms with Crippen LogP contribution in [0.4, 0.5) is 11.5 Å². The molecule has 1 fully saturated rings. The van der Waals surface area contributed by atoms with Gasteiger partial charge in [-0.3, -0.25) is 0 Å². The Morgan fingerprint density at radius 2 is 2.31 bits per heavy atom. The molecular formula is C11H16ClN3O. The van der Waals surface area contributed by atoms with Crippen LogP contribution in [0.1, 0.15) is 13.3 Å². The van der Waals surface area contributed by atoms with Gasteiger partial charge in [0.2, 0.25) is 0 Å². The molecule has 0 amide bonds. The summed E-state index contributed by atoms with van der Waals surface area (Å²) in [5.74, 6) is 1.01. The van der Waals surface area contributed by atoms with Gasteiger partial charge in [0.1, 0.15) is 5.15 Å². The number of aromatic nitrogens is 1. The fourth-order valence-corrected chi connectivity index (χ4v) is 2.07. The lowest BCUT2D eigenvalue weighted by atomic mass is 9.96. The summed E-state index contributed by atoms with van der Waals surface area (Å²) in [7, 11) is 0. The summed E-state index contributed by atoms with van der Waals surface area (Å²) in [5, 5.41) is 10.3. The van der Waals surface area contributed by atoms with Crippen molar-refractivity contribution in [3.05, 3.63) is 17.3 Å². The average Bonchev–Trinajstić information content (AvgIpc) is 2.26. The van der Waals surface area contributed by atoms with Gasteiger partial charge in [0.05, 0.1) is 11.8 Å². The van der Waals surface area contributed by atoms with Gasteiger partial charge in [0.15, 0.2) is 5.82 Å². The smallest absolute Gasteiger partial charge is 0.153 e. The van der Waals surface area contributed by atoms with Crippen molar-refractivity contribution in [1.29, 1.82) is 0 Å². The van der Waals surface area contributed by atoms with E-state index in [-0.39, 0.29) is 6.10 Å². The predicted molar refractivity (Wildman–Crippen MR) is 65.7 cm³/mol. The number of nitrogens with zero attached hydrogens (tertiary/aromatic N) is 2. The molecule has 4 nitrogen and oxygen atoms in total. The topological polar surface area (TPSA) is 62.4 Å². The maximum absolute atomic E-state index is 9.83. The van der Waals surface area contributed by atoms with E-state index < -0.39 is 0 Å². The Balaban J connectivity index is 2.21. The summed E-state index contributed by atoms with van der Waals surface area (Å²) < 4.78 is 0. The van der Waals surface area contributed by atoms with Crippen LogP contribution in [0.5, 0.6) is 0 Å². The van der Waals surface area contributed by atoms with Crippen molar-refractivity contribution < 1.29 is 5.11 Å². The number of anilines is 2. The number of rotatable bonds is 1. The van der Waals surface area contributed by atoms with Gasteiger partial charge in [0, 0.05) is 13.1 Å². The average molecular weight is 242 g/mol. The molecule has 0 saturated carbocycles. The Hall–Kier alpha value is -1.00. The van der Waals surface area contributed by atoms with Gasteiger partial charge in [-0.2, -0.15) is 0 Å². The highest BCUT2D eigenvalue weighted by atomic mass is 35.5. The van der Waals surface area contributed by atoms with Gasteiger partial charge in [-0.1, -0.05) is 18.5 Å². The summed E-state index contributed by atoms with van der Waals surface area (Å²) in [6.07, 6.45) is 0.614. The second kappa shape index (κ2) is 4.47. The lowest BCUT2D eigenvalue weighted by molar-refractivity contribution is 0.102. The third-order valence-corrected chi connectivity index (χ3v) is 3.30. The molecule has 16 heavy (non-hydrogen) atoms. The molecule has 0 aliphatic carbocycles. The number of β-amino-alcohol motifs (C(OH)–C–C–N with tert-alkyl or cyclic N) is 1. The summed E-state index contributed by atoms with van der Waals surface area (Å²) in [4.78, 5) is 6.20. The maximum atomic E-state index is 9.83. The molecule has 1 aliphatic heterocycles. The summed E-state index contributed by atoms with van der Waals surface area (Å²) in [5.41, 5.74) is 6.46. The summed E-state index contributed by atoms with van der Waals surface area (Å²) in [6.45, 7) is 3.48. The highest BCUT2D eigenvalue weighted by molar-refractivity contribution is 6.29. The first-order chi connectivity index (χ1) is 7.58. The minimum Gasteiger partial charge on any atom is -0.396 e. The normalized spacial score (nSPS) is 25.8. The monoisotopic (exact) mass is 241 g/mol. The largest absolute Gasteiger partial charge is 0.396 e. The van der Waals surface area contributed by atoms with Gasteiger partial charge in [-0.15, -0.1) is 0 Å². The molecule has 88 valence electrons. The minimum atomic E-state index is -0.325. The number of nitrogen functional groups attached to an aromatic ring is 1. The Morgan fingerprint density at radius 3 is 3.00 bits per heavy atom. The van der Waals surface area contributed by atoms with Crippen LogP contribution in [-0.2, 0) is 0 Å². The van der Waals surface area contributed by atoms with Crippen molar-refractivity contribution in [1.82, 2.24) is 4.98 Å². The van der Waals surface area contributed by atoms with Crippen LogP contribution >= 0.6 is 11.6 Å². The molecule has 0 aromatic carbocycles. The van der Waals surface area contributed by atoms with Crippen molar-refractivity contribution in [2.45, 2.75) is 19.4 Å². The van der Waals surface area contributed by atoms with E-state index in [9.17, 15) is 5.11 Å². The van der Waals surface area contributed by atoms with Gasteiger partial charge in [-0.25, -0.2) is 4.98 Å². The first-order valence-corrected chi connectivity index (χ1v) is 5.80. The van der Waals surface area contributed by atoms with Gasteiger partial charge in [0.25, 0.3) is 0 Å². The van der Waals surface area contributed by atoms with Crippen LogP contribution < -0.4 is 10.6 Å². The maximum Gasteiger partial charge on any atom is 0.153 e. The lowest BCUT2D eigenvalue weighted by Gasteiger charge is -2.35. The summed E-state index contributed by atoms with van der Waals surface area (Å²) in [6, 6.07) is 3.42. The quantitative estimate of drug-likeness (QED) is 0.732. The number of nitrogens with two attached hydrogens (primary N) is 1. The van der Waals surface area contributed by atoms with E-state index in [0.29, 0.717) is 29.1 Å². The van der Waals surface area contributed by atoms with Gasteiger partial charge < -0.3 is 15.7 Å². The van der Waals surface area contributed by atoms with E-state index in [2.05, 4.69) is 11.9 Å². The molecule has 1 aromatic rings. The second-order valence-corrected chi connectivity index (χ2v) is 4.71. The van der Waals surface area contributed by atoms with E-state index in [1.54, 1.807) is 12.1 Å². The molecule has 1 aromatic heterocycles. The zero-order valence-electron chi connectivity index (χ0n) is 9.23. The number of pyridine rings is 1. The number of hydrogen-bond acceptors (Lipinski definition) is 4. The van der Waals surface area contributed by atoms with Crippen LogP contribution in [-0.4, -0.2) is 29.3 Å². The van der Waals surface area contributed by atoms with Crippen molar-refractivity contribution in [3.8, 4) is 0 Å². The third kappa shape index (κ3) is 2.23. The standard InChI is InChI=1S/C11H16ClN3O/c1-7-4-5-15(6-9(7)16)11-8(13)2-3-10(12)14-11/h2-3,7,9,16H,4-6,13H2,1H3. The van der Waals surface area contributed by atoms with Crippen LogP contribution in [0, 0.1) is 5.92 Å². The third-order valence-electron chi connectivity index (χ3n) is 3.09. The molecule has 3 N–H and O–H groups in total. The second-order valence-electron chi connectivity index (χ2n) is 4.33. The molecule has 2 unspecified atom stereocenters. The first kappa shape index (κ1) is 11.5. The molecule has 1 aliphatic rings. The molecule has 2 heterocycles. The van der Waals surface area contributed by atoms with E-state index in [0.717, 1.165) is 13.0 Å². The first-order valence-electron chi connectivity index (χ1n) is 5.43. The molecule has 0 bridgehead atoms. The molecule has 0 spiro atoms. The Labute approximate surface area is 100 Å². The molecular weight excluding hydrogens is 226 g/mol. The fraction of sp³-hybridized carbons (Fsp3) is 0.545. The molecule has 2 atom stereocenters. The van der Waals surface area contributed by atoms with E-state index in [4.69, 9.17) is 17.3 Å². The SMILES string of the molecule is CC1CCN(c2nc(Cl)ccc2N)CC1O. The number of aliphatic hydroxyl groups is 1. The molecule has 0 radical (unpaired) electrons. The number of hydrogen-bond donors (Lipinski definition) is 2. The van der Waals surface area contributed by atoms with Crippen molar-refractivity contribution in [2.24, 2.45) is 5.92 Å². The van der Waals surface area contributed by atoms with Crippen LogP contribution in [0.25, 0.3) is 0 Å². The van der Waals surface area contributed by atoms with Gasteiger partial charge in [-0.05, 0) is 24.5 Å². The summed E-state index contributed by atoms with van der Waals surface area (Å²) >= 11 is 5.85. The van der Waals surface area contributed by atoms with Crippen molar-refractivity contribution >= 4 is 23.1 Å². The molecule has 5 heteroatoms. The van der Waals surface area contributed by atoms with Crippen LogP contribution in [0.2, 0.25) is 5.15 Å². The van der Waals surface area contributed by atoms with Crippen molar-refractivity contribution in [3.63, 3.8) is 0 Å². The fourth-order valence-electron chi connectivity index (χ4n) is 1.93. The number of piperidine rings is 1.